The van der Waals surface area contributed by atoms with Crippen molar-refractivity contribution in [2.75, 3.05) is 26.5 Å². The van der Waals surface area contributed by atoms with Crippen LogP contribution >= 0.6 is 15.9 Å². The lowest BCUT2D eigenvalue weighted by molar-refractivity contribution is 0.505. The van der Waals surface area contributed by atoms with Crippen molar-refractivity contribution in [2.24, 2.45) is 0 Å². The molecule has 0 amide bonds. The van der Waals surface area contributed by atoms with Gasteiger partial charge in [-0.3, -0.25) is 0 Å². The summed E-state index contributed by atoms with van der Waals surface area (Å²) in [6, 6.07) is 0. The van der Waals surface area contributed by atoms with E-state index in [0.717, 1.165) is 5.33 Å². The second-order valence-corrected chi connectivity index (χ2v) is 2.43. The normalized spacial score (nSPS) is 7.62. The maximum Gasteiger partial charge on any atom is 0.0209 e. The van der Waals surface area contributed by atoms with Crippen molar-refractivity contribution in [3.05, 3.63) is 12.7 Å². The van der Waals surface area contributed by atoms with Crippen LogP contribution in [0.1, 0.15) is 0 Å². The minimum atomic E-state index is 0.896. The second kappa shape index (κ2) is 10.2. The maximum atomic E-state index is 3.43. The van der Waals surface area contributed by atoms with E-state index in [0.29, 0.717) is 0 Å². The minimum Gasteiger partial charge on any atom is -0.312 e. The zero-order valence-corrected chi connectivity index (χ0v) is 7.40. The van der Waals surface area contributed by atoms with Gasteiger partial charge in [0.1, 0.15) is 0 Å². The van der Waals surface area contributed by atoms with Gasteiger partial charge >= 0.3 is 0 Å². The van der Waals surface area contributed by atoms with E-state index in [2.05, 4.69) is 22.5 Å². The molecule has 8 heavy (non-hydrogen) atoms. The largest absolute Gasteiger partial charge is 0.312 e. The van der Waals surface area contributed by atoms with Gasteiger partial charge < -0.3 is 4.90 Å². The SMILES string of the molecule is C=CCBr.CN(C)C. The van der Waals surface area contributed by atoms with Crippen molar-refractivity contribution in [1.82, 2.24) is 4.90 Å². The first kappa shape index (κ1) is 11.0. The van der Waals surface area contributed by atoms with E-state index >= 15 is 0 Å². The Kier molecular flexibility index (Phi) is 14.1. The van der Waals surface area contributed by atoms with Crippen LogP contribution in [0.3, 0.4) is 0 Å². The van der Waals surface area contributed by atoms with Crippen molar-refractivity contribution in [3.8, 4) is 0 Å². The van der Waals surface area contributed by atoms with E-state index < -0.39 is 0 Å². The van der Waals surface area contributed by atoms with Crippen molar-refractivity contribution >= 4 is 15.9 Å². The van der Waals surface area contributed by atoms with Crippen LogP contribution in [0, 0.1) is 0 Å². The molecule has 0 aromatic heterocycles. The lowest BCUT2D eigenvalue weighted by Crippen LogP contribution is -1.99. The Hall–Kier alpha value is 0.180. The van der Waals surface area contributed by atoms with Crippen LogP contribution in [-0.4, -0.2) is 31.4 Å². The summed E-state index contributed by atoms with van der Waals surface area (Å²) in [7, 11) is 6.00. The molecule has 0 aromatic carbocycles. The van der Waals surface area contributed by atoms with E-state index in [9.17, 15) is 0 Å². The highest BCUT2D eigenvalue weighted by atomic mass is 79.9. The van der Waals surface area contributed by atoms with Crippen LogP contribution in [0.4, 0.5) is 0 Å². The van der Waals surface area contributed by atoms with Gasteiger partial charge in [0.25, 0.3) is 0 Å². The summed E-state index contributed by atoms with van der Waals surface area (Å²) in [5.74, 6) is 0. The van der Waals surface area contributed by atoms with Crippen LogP contribution in [0.2, 0.25) is 0 Å². The quantitative estimate of drug-likeness (QED) is 0.439. The fourth-order valence-corrected chi connectivity index (χ4v) is 0. The molecular formula is C6H14BrN. The minimum absolute atomic E-state index is 0.896. The Balaban J connectivity index is 0. The van der Waals surface area contributed by atoms with Gasteiger partial charge in [0.15, 0.2) is 0 Å². The summed E-state index contributed by atoms with van der Waals surface area (Å²) in [5, 5.41) is 0.896. The van der Waals surface area contributed by atoms with Gasteiger partial charge in [-0.05, 0) is 21.1 Å². The fraction of sp³-hybridized carbons (Fsp3) is 0.667. The highest BCUT2D eigenvalue weighted by Crippen LogP contribution is 1.73. The number of nitrogens with zero attached hydrogens (tertiary/aromatic N) is 1. The molecule has 0 heterocycles. The first-order valence-electron chi connectivity index (χ1n) is 2.43. The van der Waals surface area contributed by atoms with Crippen molar-refractivity contribution < 1.29 is 0 Å². The van der Waals surface area contributed by atoms with Crippen molar-refractivity contribution in [1.29, 1.82) is 0 Å². The van der Waals surface area contributed by atoms with Gasteiger partial charge in [0, 0.05) is 5.33 Å². The number of alkyl halides is 1. The molecule has 0 unspecified atom stereocenters. The molecule has 0 saturated heterocycles. The molecule has 0 spiro atoms. The molecule has 0 fully saturated rings. The van der Waals surface area contributed by atoms with Gasteiger partial charge in [-0.25, -0.2) is 0 Å². The van der Waals surface area contributed by atoms with Crippen LogP contribution in [-0.2, 0) is 0 Å². The molecule has 0 N–H and O–H groups in total. The Bertz CT molecular complexity index is 41.0. The molecule has 0 saturated carbocycles. The lowest BCUT2D eigenvalue weighted by Gasteiger charge is -1.90. The Labute approximate surface area is 60.5 Å². The highest BCUT2D eigenvalue weighted by molar-refractivity contribution is 9.09. The van der Waals surface area contributed by atoms with Gasteiger partial charge in [-0.1, -0.05) is 22.0 Å². The summed E-state index contributed by atoms with van der Waals surface area (Å²) in [5.41, 5.74) is 0. The summed E-state index contributed by atoms with van der Waals surface area (Å²) in [6.45, 7) is 3.43. The van der Waals surface area contributed by atoms with Gasteiger partial charge in [-0.15, -0.1) is 6.58 Å². The molecule has 0 aliphatic carbocycles. The molecule has 0 aliphatic heterocycles. The van der Waals surface area contributed by atoms with E-state index in [1.165, 1.54) is 0 Å². The molecule has 0 atom stereocenters. The average Bonchev–Trinajstić information content (AvgIpc) is 1.65. The number of allylic oxidation sites excluding steroid dienone is 1. The van der Waals surface area contributed by atoms with E-state index in [4.69, 9.17) is 0 Å². The van der Waals surface area contributed by atoms with Crippen LogP contribution in [0.15, 0.2) is 12.7 Å². The topological polar surface area (TPSA) is 3.24 Å². The Morgan fingerprint density at radius 1 is 1.50 bits per heavy atom. The Morgan fingerprint density at radius 2 is 1.62 bits per heavy atom. The van der Waals surface area contributed by atoms with Crippen molar-refractivity contribution in [3.63, 3.8) is 0 Å². The lowest BCUT2D eigenvalue weighted by atomic mass is 10.8. The van der Waals surface area contributed by atoms with E-state index in [1.54, 1.807) is 6.08 Å². The summed E-state index contributed by atoms with van der Waals surface area (Å²) < 4.78 is 0. The van der Waals surface area contributed by atoms with Crippen LogP contribution < -0.4 is 0 Å². The third-order valence-corrected chi connectivity index (χ3v) is 0.567. The molecule has 0 radical (unpaired) electrons. The van der Waals surface area contributed by atoms with Gasteiger partial charge in [0.05, 0.1) is 0 Å². The highest BCUT2D eigenvalue weighted by Gasteiger charge is 1.58. The maximum absolute atomic E-state index is 3.43. The number of hydrogen-bond donors (Lipinski definition) is 0. The van der Waals surface area contributed by atoms with Crippen LogP contribution in [0.5, 0.6) is 0 Å². The predicted octanol–water partition coefficient (Wildman–Crippen LogP) is 1.75. The molecule has 50 valence electrons. The predicted molar refractivity (Wildman–Crippen MR) is 43.6 cm³/mol. The molecule has 0 aliphatic rings. The molecule has 0 rings (SSSR count). The third kappa shape index (κ3) is 119. The van der Waals surface area contributed by atoms with Crippen LogP contribution in [0.25, 0.3) is 0 Å². The summed E-state index contributed by atoms with van der Waals surface area (Å²) in [6.07, 6.45) is 1.79. The van der Waals surface area contributed by atoms with Gasteiger partial charge in [-0.2, -0.15) is 0 Å². The molecule has 2 heteroatoms. The molecule has 0 aromatic rings. The van der Waals surface area contributed by atoms with E-state index in [-0.39, 0.29) is 0 Å². The summed E-state index contributed by atoms with van der Waals surface area (Å²) >= 11 is 3.13. The van der Waals surface area contributed by atoms with Crippen molar-refractivity contribution in [2.45, 2.75) is 0 Å². The average molecular weight is 180 g/mol. The molecule has 1 nitrogen and oxygen atoms in total. The zero-order chi connectivity index (χ0) is 6.99. The molecular weight excluding hydrogens is 166 g/mol. The number of halogens is 1. The molecule has 0 bridgehead atoms. The zero-order valence-electron chi connectivity index (χ0n) is 5.82. The fourth-order valence-electron chi connectivity index (χ4n) is 0. The smallest absolute Gasteiger partial charge is 0.0209 e. The number of rotatable bonds is 1. The third-order valence-electron chi connectivity index (χ3n) is 0.109. The second-order valence-electron chi connectivity index (χ2n) is 1.78. The standard InChI is InChI=1S/C3H5Br.C3H9N/c1-2-3-4;1-4(2)3/h2H,1,3H2;1-3H3. The first-order chi connectivity index (χ1) is 3.65. The first-order valence-corrected chi connectivity index (χ1v) is 3.55. The monoisotopic (exact) mass is 179 g/mol. The summed E-state index contributed by atoms with van der Waals surface area (Å²) in [4.78, 5) is 2.00. The van der Waals surface area contributed by atoms with Gasteiger partial charge in [0.2, 0.25) is 0 Å². The number of hydrogen-bond acceptors (Lipinski definition) is 1. The Morgan fingerprint density at radius 3 is 1.62 bits per heavy atom. The van der Waals surface area contributed by atoms with E-state index in [1.807, 2.05) is 26.0 Å².